The zero-order chi connectivity index (χ0) is 30.6. The van der Waals surface area contributed by atoms with Gasteiger partial charge >= 0.3 is 11.7 Å². The van der Waals surface area contributed by atoms with Crippen molar-refractivity contribution < 1.29 is 23.8 Å². The number of carboxylic acids is 1. The van der Waals surface area contributed by atoms with E-state index in [1.54, 1.807) is 14.0 Å². The van der Waals surface area contributed by atoms with Crippen LogP contribution in [0.2, 0.25) is 0 Å². The molecule has 2 fully saturated rings. The molecule has 5 atom stereocenters. The summed E-state index contributed by atoms with van der Waals surface area (Å²) in [5.41, 5.74) is 4.32. The van der Waals surface area contributed by atoms with E-state index in [4.69, 9.17) is 19.6 Å². The average molecular weight is 609 g/mol. The van der Waals surface area contributed by atoms with Gasteiger partial charge in [-0.15, -0.1) is 11.3 Å². The standard InChI is InChI=1S/C31H36N4O7S/c1-16-24-27(36)35(31(2,3)29(37)38)30(39)34(28(24)43-25(16)26-33-9-10-41-26)15-23(21-7-5-6-8-22(21)40-4)42-20-13-17-11-19(32)12-18(17)14-20/h5-10,17-20,23H,11-15,32H2,1-4H3,(H,37,38)/t17-,18+,19+,20+,23?. The van der Waals surface area contributed by atoms with Gasteiger partial charge in [0.1, 0.15) is 28.5 Å². The number of aliphatic carboxylic acids is 1. The minimum atomic E-state index is -1.82. The zero-order valence-electron chi connectivity index (χ0n) is 24.6. The highest BCUT2D eigenvalue weighted by Crippen LogP contribution is 2.46. The fraction of sp³-hybridized carbons (Fsp3) is 0.484. The van der Waals surface area contributed by atoms with Crippen LogP contribution in [0, 0.1) is 18.8 Å². The lowest BCUT2D eigenvalue weighted by Crippen LogP contribution is -2.52. The van der Waals surface area contributed by atoms with Crippen LogP contribution >= 0.6 is 11.3 Å². The summed E-state index contributed by atoms with van der Waals surface area (Å²) < 4.78 is 20.4. The highest BCUT2D eigenvalue weighted by atomic mass is 32.1. The molecule has 43 heavy (non-hydrogen) atoms. The Morgan fingerprint density at radius 3 is 2.53 bits per heavy atom. The first kappa shape index (κ1) is 29.3. The summed E-state index contributed by atoms with van der Waals surface area (Å²) in [7, 11) is 1.59. The first-order chi connectivity index (χ1) is 20.5. The highest BCUT2D eigenvalue weighted by molar-refractivity contribution is 7.22. The van der Waals surface area contributed by atoms with E-state index in [0.29, 0.717) is 38.7 Å². The molecule has 0 bridgehead atoms. The predicted octanol–water partition coefficient (Wildman–Crippen LogP) is 4.29. The van der Waals surface area contributed by atoms with Gasteiger partial charge in [0, 0.05) is 11.6 Å². The van der Waals surface area contributed by atoms with Crippen LogP contribution in [-0.4, -0.2) is 44.4 Å². The minimum absolute atomic E-state index is 0.0298. The molecule has 12 heteroatoms. The van der Waals surface area contributed by atoms with Crippen molar-refractivity contribution in [1.82, 2.24) is 14.1 Å². The zero-order valence-corrected chi connectivity index (χ0v) is 25.4. The van der Waals surface area contributed by atoms with Crippen molar-refractivity contribution in [3.8, 4) is 16.5 Å². The molecule has 3 heterocycles. The molecule has 4 aromatic rings. The van der Waals surface area contributed by atoms with Crippen molar-refractivity contribution >= 4 is 27.5 Å². The SMILES string of the molecule is COc1ccccc1C(Cn1c(=O)n(C(C)(C)C(=O)O)c(=O)c2c(C)c(-c3ncco3)sc21)O[C@H]1C[C@H]2C[C@H](N)C[C@H]2C1. The average Bonchev–Trinajstić information content (AvgIpc) is 3.74. The maximum atomic E-state index is 14.2. The monoisotopic (exact) mass is 608 g/mol. The maximum Gasteiger partial charge on any atom is 0.333 e. The van der Waals surface area contributed by atoms with E-state index in [-0.39, 0.29) is 24.1 Å². The Labute approximate surface area is 251 Å². The molecule has 228 valence electrons. The van der Waals surface area contributed by atoms with Crippen LogP contribution in [-0.2, 0) is 21.6 Å². The summed E-state index contributed by atoms with van der Waals surface area (Å²) in [6.45, 7) is 4.48. The van der Waals surface area contributed by atoms with Gasteiger partial charge in [-0.25, -0.2) is 19.1 Å². The van der Waals surface area contributed by atoms with Crippen molar-refractivity contribution in [2.45, 2.75) is 76.8 Å². The molecule has 3 N–H and O–H groups in total. The van der Waals surface area contributed by atoms with Crippen LogP contribution < -0.4 is 21.7 Å². The fourth-order valence-electron chi connectivity index (χ4n) is 6.90. The Morgan fingerprint density at radius 1 is 1.21 bits per heavy atom. The molecule has 2 saturated carbocycles. The van der Waals surface area contributed by atoms with Crippen LogP contribution in [0.15, 0.2) is 50.7 Å². The molecule has 0 radical (unpaired) electrons. The molecule has 3 aromatic heterocycles. The number of nitrogens with zero attached hydrogens (tertiary/aromatic N) is 3. The van der Waals surface area contributed by atoms with Crippen LogP contribution in [0.25, 0.3) is 21.0 Å². The summed E-state index contributed by atoms with van der Waals surface area (Å²) in [6.07, 6.45) is 6.01. The van der Waals surface area contributed by atoms with E-state index in [9.17, 15) is 19.5 Å². The number of hydrogen-bond donors (Lipinski definition) is 2. The lowest BCUT2D eigenvalue weighted by atomic mass is 10.0. The minimum Gasteiger partial charge on any atom is -0.496 e. The van der Waals surface area contributed by atoms with Crippen molar-refractivity contribution in [2.24, 2.45) is 17.6 Å². The number of rotatable bonds is 9. The lowest BCUT2D eigenvalue weighted by molar-refractivity contribution is -0.146. The molecule has 1 aromatic carbocycles. The second-order valence-corrected chi connectivity index (χ2v) is 13.2. The summed E-state index contributed by atoms with van der Waals surface area (Å²) in [5.74, 6) is 0.642. The van der Waals surface area contributed by atoms with Gasteiger partial charge in [0.15, 0.2) is 0 Å². The van der Waals surface area contributed by atoms with Gasteiger partial charge in [0.25, 0.3) is 5.56 Å². The number of benzene rings is 1. The van der Waals surface area contributed by atoms with Gasteiger partial charge in [0.2, 0.25) is 5.89 Å². The third-order valence-electron chi connectivity index (χ3n) is 9.12. The van der Waals surface area contributed by atoms with Gasteiger partial charge in [-0.3, -0.25) is 9.36 Å². The number of thiophene rings is 1. The van der Waals surface area contributed by atoms with Gasteiger partial charge < -0.3 is 24.7 Å². The van der Waals surface area contributed by atoms with E-state index < -0.39 is 28.9 Å². The molecule has 0 amide bonds. The number of nitrogens with two attached hydrogens (primary N) is 1. The van der Waals surface area contributed by atoms with Crippen LogP contribution in [0.3, 0.4) is 0 Å². The summed E-state index contributed by atoms with van der Waals surface area (Å²) in [4.78, 5) is 45.7. The van der Waals surface area contributed by atoms with E-state index in [1.165, 1.54) is 42.2 Å². The Kier molecular flexibility index (Phi) is 7.55. The Balaban J connectivity index is 1.52. The number of fused-ring (bicyclic) bond motifs is 2. The number of ether oxygens (including phenoxy) is 2. The largest absolute Gasteiger partial charge is 0.496 e. The molecule has 11 nitrogen and oxygen atoms in total. The van der Waals surface area contributed by atoms with Crippen molar-refractivity contribution in [3.05, 3.63) is 68.7 Å². The number of aromatic nitrogens is 3. The van der Waals surface area contributed by atoms with Crippen LogP contribution in [0.1, 0.15) is 56.8 Å². The number of oxazole rings is 1. The number of aryl methyl sites for hydroxylation is 1. The number of methoxy groups -OCH3 is 1. The molecule has 0 spiro atoms. The summed E-state index contributed by atoms with van der Waals surface area (Å²) >= 11 is 1.21. The number of hydrogen-bond acceptors (Lipinski definition) is 9. The van der Waals surface area contributed by atoms with Crippen LogP contribution in [0.4, 0.5) is 0 Å². The van der Waals surface area contributed by atoms with Crippen LogP contribution in [0.5, 0.6) is 5.75 Å². The molecular formula is C31H36N4O7S. The topological polar surface area (TPSA) is 152 Å². The molecule has 0 saturated heterocycles. The summed E-state index contributed by atoms with van der Waals surface area (Å²) in [5, 5.41) is 10.3. The molecular weight excluding hydrogens is 572 g/mol. The van der Waals surface area contributed by atoms with E-state index in [2.05, 4.69) is 4.98 Å². The third kappa shape index (κ3) is 5.00. The predicted molar refractivity (Wildman–Crippen MR) is 162 cm³/mol. The summed E-state index contributed by atoms with van der Waals surface area (Å²) in [6, 6.07) is 7.74. The van der Waals surface area contributed by atoms with E-state index in [0.717, 1.165) is 35.8 Å². The Bertz CT molecular complexity index is 1770. The maximum absolute atomic E-state index is 14.2. The number of carboxylic acid groups (broad SMARTS) is 1. The van der Waals surface area contributed by atoms with Crippen molar-refractivity contribution in [3.63, 3.8) is 0 Å². The fourth-order valence-corrected chi connectivity index (χ4v) is 8.14. The first-order valence-corrected chi connectivity index (χ1v) is 15.3. The Hall–Kier alpha value is -3.74. The first-order valence-electron chi connectivity index (χ1n) is 14.5. The molecule has 1 unspecified atom stereocenters. The van der Waals surface area contributed by atoms with E-state index in [1.807, 2.05) is 24.3 Å². The lowest BCUT2D eigenvalue weighted by Gasteiger charge is -2.27. The number of para-hydroxylation sites is 1. The molecule has 0 aliphatic heterocycles. The smallest absolute Gasteiger partial charge is 0.333 e. The van der Waals surface area contributed by atoms with Gasteiger partial charge in [-0.1, -0.05) is 18.2 Å². The second kappa shape index (κ2) is 11.1. The van der Waals surface area contributed by atoms with Gasteiger partial charge in [-0.2, -0.15) is 0 Å². The Morgan fingerprint density at radius 2 is 1.91 bits per heavy atom. The molecule has 6 rings (SSSR count). The van der Waals surface area contributed by atoms with Crippen molar-refractivity contribution in [2.75, 3.05) is 7.11 Å². The molecule has 2 aliphatic carbocycles. The number of carbonyl (C=O) groups is 1. The normalized spacial score (nSPS) is 22.6. The highest BCUT2D eigenvalue weighted by Gasteiger charge is 2.42. The van der Waals surface area contributed by atoms with Gasteiger partial charge in [-0.05, 0) is 69.9 Å². The quantitative estimate of drug-likeness (QED) is 0.283. The second-order valence-electron chi connectivity index (χ2n) is 12.2. The third-order valence-corrected chi connectivity index (χ3v) is 10.4. The van der Waals surface area contributed by atoms with Crippen molar-refractivity contribution in [1.29, 1.82) is 0 Å². The van der Waals surface area contributed by atoms with Gasteiger partial charge in [0.05, 0.1) is 36.2 Å². The van der Waals surface area contributed by atoms with E-state index >= 15 is 0 Å². The molecule has 2 aliphatic rings.